The summed E-state index contributed by atoms with van der Waals surface area (Å²) in [5, 5.41) is 4.08. The van der Waals surface area contributed by atoms with Crippen LogP contribution in [0.15, 0.2) is 12.4 Å². The number of imidazole rings is 1. The van der Waals surface area contributed by atoms with Crippen molar-refractivity contribution in [1.82, 2.24) is 14.9 Å². The van der Waals surface area contributed by atoms with Crippen molar-refractivity contribution >= 4 is 11.8 Å². The Morgan fingerprint density at radius 3 is 3.07 bits per heavy atom. The molecule has 0 aromatic carbocycles. The smallest absolute Gasteiger partial charge is 0.126 e. The van der Waals surface area contributed by atoms with Crippen molar-refractivity contribution in [3.05, 3.63) is 18.2 Å². The fraction of sp³-hybridized carbons (Fsp3) is 0.700. The van der Waals surface area contributed by atoms with E-state index in [1.54, 1.807) is 0 Å². The van der Waals surface area contributed by atoms with Gasteiger partial charge in [-0.25, -0.2) is 4.98 Å². The summed E-state index contributed by atoms with van der Waals surface area (Å²) in [7, 11) is 4.09. The molecule has 0 amide bonds. The van der Waals surface area contributed by atoms with Crippen LogP contribution >= 0.6 is 11.8 Å². The molecule has 2 atom stereocenters. The van der Waals surface area contributed by atoms with E-state index in [1.165, 1.54) is 18.6 Å². The van der Waals surface area contributed by atoms with Gasteiger partial charge >= 0.3 is 0 Å². The number of nitrogens with zero attached hydrogens (tertiary/aromatic N) is 2. The van der Waals surface area contributed by atoms with Gasteiger partial charge in [-0.2, -0.15) is 11.8 Å². The molecule has 0 spiro atoms. The number of thioether (sulfide) groups is 1. The highest BCUT2D eigenvalue weighted by Gasteiger charge is 2.27. The minimum atomic E-state index is 0.405. The van der Waals surface area contributed by atoms with Gasteiger partial charge in [-0.15, -0.1) is 0 Å². The van der Waals surface area contributed by atoms with Crippen LogP contribution in [0.2, 0.25) is 0 Å². The van der Waals surface area contributed by atoms with E-state index in [0.29, 0.717) is 11.3 Å². The van der Waals surface area contributed by atoms with E-state index >= 15 is 0 Å². The van der Waals surface area contributed by atoms with Gasteiger partial charge < -0.3 is 9.88 Å². The van der Waals surface area contributed by atoms with Crippen molar-refractivity contribution in [3.8, 4) is 0 Å². The van der Waals surface area contributed by atoms with Gasteiger partial charge in [0.15, 0.2) is 0 Å². The molecular weight excluding hydrogens is 194 g/mol. The topological polar surface area (TPSA) is 29.9 Å². The zero-order chi connectivity index (χ0) is 9.97. The molecule has 0 saturated carbocycles. The summed E-state index contributed by atoms with van der Waals surface area (Å²) in [5.41, 5.74) is 0. The summed E-state index contributed by atoms with van der Waals surface area (Å²) in [5.74, 6) is 2.46. The van der Waals surface area contributed by atoms with E-state index < -0.39 is 0 Å². The highest BCUT2D eigenvalue weighted by molar-refractivity contribution is 8.00. The molecule has 0 radical (unpaired) electrons. The number of aromatic nitrogens is 2. The summed E-state index contributed by atoms with van der Waals surface area (Å²) < 4.78 is 2.11. The molecule has 78 valence electrons. The van der Waals surface area contributed by atoms with E-state index in [4.69, 9.17) is 0 Å². The Balaban J connectivity index is 2.16. The van der Waals surface area contributed by atoms with E-state index in [2.05, 4.69) is 33.7 Å². The van der Waals surface area contributed by atoms with Crippen molar-refractivity contribution in [3.63, 3.8) is 0 Å². The van der Waals surface area contributed by atoms with Gasteiger partial charge in [-0.1, -0.05) is 0 Å². The fourth-order valence-corrected chi connectivity index (χ4v) is 3.44. The maximum atomic E-state index is 4.42. The predicted octanol–water partition coefficient (Wildman–Crippen LogP) is 1.58. The Bertz CT molecular complexity index is 291. The summed E-state index contributed by atoms with van der Waals surface area (Å²) in [6, 6.07) is 0.405. The molecule has 1 aromatic rings. The van der Waals surface area contributed by atoms with E-state index in [1.807, 2.05) is 19.4 Å². The molecule has 1 aliphatic heterocycles. The third-order valence-corrected chi connectivity index (χ3v) is 4.24. The van der Waals surface area contributed by atoms with Crippen molar-refractivity contribution < 1.29 is 0 Å². The third-order valence-electron chi connectivity index (χ3n) is 2.78. The second kappa shape index (κ2) is 4.36. The molecule has 1 aromatic heterocycles. The molecule has 1 saturated heterocycles. The van der Waals surface area contributed by atoms with Gasteiger partial charge in [0.2, 0.25) is 0 Å². The molecular formula is C10H17N3S. The molecule has 2 heterocycles. The first kappa shape index (κ1) is 10.1. The highest BCUT2D eigenvalue weighted by Crippen LogP contribution is 2.34. The van der Waals surface area contributed by atoms with Crippen molar-refractivity contribution in [2.75, 3.05) is 12.8 Å². The van der Waals surface area contributed by atoms with Gasteiger partial charge in [0, 0.05) is 24.7 Å². The number of hydrogen-bond donors (Lipinski definition) is 1. The first-order valence-electron chi connectivity index (χ1n) is 5.09. The van der Waals surface area contributed by atoms with E-state index in [9.17, 15) is 0 Å². The summed E-state index contributed by atoms with van der Waals surface area (Å²) in [6.45, 7) is 0. The lowest BCUT2D eigenvalue weighted by Gasteiger charge is -2.21. The average Bonchev–Trinajstić information content (AvgIpc) is 2.80. The zero-order valence-corrected chi connectivity index (χ0v) is 9.55. The lowest BCUT2D eigenvalue weighted by Crippen LogP contribution is -2.28. The molecule has 2 rings (SSSR count). The third kappa shape index (κ3) is 1.81. The number of rotatable bonds is 3. The van der Waals surface area contributed by atoms with Gasteiger partial charge in [0.25, 0.3) is 0 Å². The van der Waals surface area contributed by atoms with Crippen LogP contribution in [-0.2, 0) is 7.05 Å². The molecule has 14 heavy (non-hydrogen) atoms. The second-order valence-electron chi connectivity index (χ2n) is 3.71. The van der Waals surface area contributed by atoms with Crippen LogP contribution in [0.4, 0.5) is 0 Å². The minimum absolute atomic E-state index is 0.405. The second-order valence-corrected chi connectivity index (χ2v) is 5.06. The van der Waals surface area contributed by atoms with Crippen LogP contribution in [-0.4, -0.2) is 27.6 Å². The van der Waals surface area contributed by atoms with Crippen LogP contribution < -0.4 is 5.32 Å². The zero-order valence-electron chi connectivity index (χ0n) is 8.73. The first-order chi connectivity index (χ1) is 6.83. The largest absolute Gasteiger partial charge is 0.337 e. The van der Waals surface area contributed by atoms with E-state index in [-0.39, 0.29) is 0 Å². The van der Waals surface area contributed by atoms with Crippen molar-refractivity contribution in [2.24, 2.45) is 7.05 Å². The molecule has 2 unspecified atom stereocenters. The monoisotopic (exact) mass is 211 g/mol. The quantitative estimate of drug-likeness (QED) is 0.823. The summed E-state index contributed by atoms with van der Waals surface area (Å²) in [4.78, 5) is 4.42. The SMILES string of the molecule is CNC(c1nccn1C)C1CCCS1. The van der Waals surface area contributed by atoms with Crippen LogP contribution in [0, 0.1) is 0 Å². The van der Waals surface area contributed by atoms with Gasteiger partial charge in [-0.05, 0) is 25.6 Å². The highest BCUT2D eigenvalue weighted by atomic mass is 32.2. The van der Waals surface area contributed by atoms with Crippen LogP contribution in [0.5, 0.6) is 0 Å². The van der Waals surface area contributed by atoms with Gasteiger partial charge in [0.1, 0.15) is 5.82 Å². The normalized spacial score (nSPS) is 24.0. The van der Waals surface area contributed by atoms with Gasteiger partial charge in [0.05, 0.1) is 6.04 Å². The lowest BCUT2D eigenvalue weighted by molar-refractivity contribution is 0.509. The Kier molecular flexibility index (Phi) is 3.13. The van der Waals surface area contributed by atoms with E-state index in [0.717, 1.165) is 5.82 Å². The molecule has 0 bridgehead atoms. The number of aryl methyl sites for hydroxylation is 1. The Morgan fingerprint density at radius 2 is 2.57 bits per heavy atom. The molecule has 3 nitrogen and oxygen atoms in total. The van der Waals surface area contributed by atoms with Crippen LogP contribution in [0.3, 0.4) is 0 Å². The number of hydrogen-bond acceptors (Lipinski definition) is 3. The molecule has 1 N–H and O–H groups in total. The molecule has 1 fully saturated rings. The lowest BCUT2D eigenvalue weighted by atomic mass is 10.1. The Labute approximate surface area is 89.3 Å². The molecule has 0 aliphatic carbocycles. The van der Waals surface area contributed by atoms with Crippen LogP contribution in [0.1, 0.15) is 24.7 Å². The number of nitrogens with one attached hydrogen (secondary N) is 1. The summed E-state index contributed by atoms with van der Waals surface area (Å²) >= 11 is 2.07. The fourth-order valence-electron chi connectivity index (χ4n) is 2.02. The molecule has 1 aliphatic rings. The summed E-state index contributed by atoms with van der Waals surface area (Å²) in [6.07, 6.45) is 6.54. The predicted molar refractivity (Wildman–Crippen MR) is 60.5 cm³/mol. The minimum Gasteiger partial charge on any atom is -0.337 e. The standard InChI is InChI=1S/C10H17N3S/c1-11-9(8-4-3-7-14-8)10-12-5-6-13(10)2/h5-6,8-9,11H,3-4,7H2,1-2H3. The Morgan fingerprint density at radius 1 is 1.71 bits per heavy atom. The van der Waals surface area contributed by atoms with Crippen molar-refractivity contribution in [1.29, 1.82) is 0 Å². The Hall–Kier alpha value is -0.480. The maximum Gasteiger partial charge on any atom is 0.126 e. The average molecular weight is 211 g/mol. The van der Waals surface area contributed by atoms with Crippen LogP contribution in [0.25, 0.3) is 0 Å². The maximum absolute atomic E-state index is 4.42. The van der Waals surface area contributed by atoms with Crippen molar-refractivity contribution in [2.45, 2.75) is 24.1 Å². The molecule has 4 heteroatoms. The first-order valence-corrected chi connectivity index (χ1v) is 6.14. The van der Waals surface area contributed by atoms with Gasteiger partial charge in [-0.3, -0.25) is 0 Å².